The minimum Gasteiger partial charge on any atom is -0.481 e. The van der Waals surface area contributed by atoms with E-state index in [0.717, 1.165) is 31.7 Å². The first-order valence-electron chi connectivity index (χ1n) is 8.39. The van der Waals surface area contributed by atoms with Gasteiger partial charge in [0.1, 0.15) is 5.75 Å². The lowest BCUT2D eigenvalue weighted by Crippen LogP contribution is -2.46. The summed E-state index contributed by atoms with van der Waals surface area (Å²) in [7, 11) is 0. The van der Waals surface area contributed by atoms with E-state index in [4.69, 9.17) is 14.2 Å². The number of benzene rings is 1. The van der Waals surface area contributed by atoms with Gasteiger partial charge in [-0.1, -0.05) is 17.7 Å². The molecule has 0 spiro atoms. The number of rotatable bonds is 4. The van der Waals surface area contributed by atoms with Gasteiger partial charge in [0.05, 0.1) is 13.2 Å². The van der Waals surface area contributed by atoms with Crippen molar-refractivity contribution in [3.8, 4) is 5.75 Å². The zero-order valence-corrected chi connectivity index (χ0v) is 13.9. The van der Waals surface area contributed by atoms with Crippen LogP contribution in [-0.2, 0) is 14.3 Å². The van der Waals surface area contributed by atoms with Crippen LogP contribution in [0.15, 0.2) is 24.3 Å². The number of hydrogen-bond donors (Lipinski definition) is 0. The molecule has 0 bridgehead atoms. The molecule has 1 unspecified atom stereocenters. The number of piperidine rings is 1. The van der Waals surface area contributed by atoms with Crippen LogP contribution < -0.4 is 4.74 Å². The van der Waals surface area contributed by atoms with Gasteiger partial charge in [-0.05, 0) is 38.8 Å². The van der Waals surface area contributed by atoms with Crippen LogP contribution in [0.25, 0.3) is 0 Å². The fourth-order valence-corrected chi connectivity index (χ4v) is 3.17. The summed E-state index contributed by atoms with van der Waals surface area (Å²) in [6.07, 6.45) is 1.31. The Bertz CT molecular complexity index is 516. The number of amides is 1. The fourth-order valence-electron chi connectivity index (χ4n) is 3.17. The van der Waals surface area contributed by atoms with Gasteiger partial charge >= 0.3 is 0 Å². The van der Waals surface area contributed by atoms with E-state index in [0.29, 0.717) is 19.1 Å². The van der Waals surface area contributed by atoms with Gasteiger partial charge in [-0.25, -0.2) is 0 Å². The summed E-state index contributed by atoms with van der Waals surface area (Å²) in [5.41, 5.74) is 1.18. The van der Waals surface area contributed by atoms with E-state index in [1.165, 1.54) is 5.56 Å². The molecule has 23 heavy (non-hydrogen) atoms. The Morgan fingerprint density at radius 1 is 1.17 bits per heavy atom. The second-order valence-electron chi connectivity index (χ2n) is 6.35. The molecule has 0 aliphatic carbocycles. The molecule has 2 heterocycles. The van der Waals surface area contributed by atoms with Crippen LogP contribution in [-0.4, -0.2) is 49.5 Å². The summed E-state index contributed by atoms with van der Waals surface area (Å²) in [6, 6.07) is 7.78. The van der Waals surface area contributed by atoms with Crippen LogP contribution in [0.5, 0.6) is 5.75 Å². The van der Waals surface area contributed by atoms with Gasteiger partial charge in [0, 0.05) is 19.0 Å². The number of aryl methyl sites for hydroxylation is 1. The standard InChI is InChI=1S/C18H25NO4/c1-13-3-5-16(6-4-13)23-14(2)17(20)19-9-7-15(8-10-19)18-21-11-12-22-18/h3-6,14-15,18H,7-12H2,1-2H3. The second-order valence-corrected chi connectivity index (χ2v) is 6.35. The molecule has 0 aromatic heterocycles. The van der Waals surface area contributed by atoms with Gasteiger partial charge in [-0.15, -0.1) is 0 Å². The summed E-state index contributed by atoms with van der Waals surface area (Å²) in [5, 5.41) is 0. The molecule has 2 fully saturated rings. The minimum absolute atomic E-state index is 0.0530. The molecular weight excluding hydrogens is 294 g/mol. The third-order valence-electron chi connectivity index (χ3n) is 4.57. The molecule has 5 nitrogen and oxygen atoms in total. The summed E-state index contributed by atoms with van der Waals surface area (Å²) in [4.78, 5) is 14.4. The van der Waals surface area contributed by atoms with Crippen molar-refractivity contribution >= 4 is 5.91 Å². The number of carbonyl (C=O) groups excluding carboxylic acids is 1. The second kappa shape index (κ2) is 7.32. The zero-order chi connectivity index (χ0) is 16.2. The summed E-state index contributed by atoms with van der Waals surface area (Å²) in [5.74, 6) is 1.19. The Morgan fingerprint density at radius 3 is 2.39 bits per heavy atom. The van der Waals surface area contributed by atoms with Crippen molar-refractivity contribution in [2.45, 2.75) is 39.1 Å². The molecule has 1 atom stereocenters. The van der Waals surface area contributed by atoms with Crippen molar-refractivity contribution in [2.75, 3.05) is 26.3 Å². The topological polar surface area (TPSA) is 48.0 Å². The predicted molar refractivity (Wildman–Crippen MR) is 86.3 cm³/mol. The van der Waals surface area contributed by atoms with Crippen LogP contribution in [0, 0.1) is 12.8 Å². The van der Waals surface area contributed by atoms with E-state index in [2.05, 4.69) is 0 Å². The van der Waals surface area contributed by atoms with Crippen molar-refractivity contribution < 1.29 is 19.0 Å². The van der Waals surface area contributed by atoms with Gasteiger partial charge in [0.15, 0.2) is 12.4 Å². The highest BCUT2D eigenvalue weighted by atomic mass is 16.7. The average Bonchev–Trinajstić information content (AvgIpc) is 3.11. The molecule has 3 rings (SSSR count). The van der Waals surface area contributed by atoms with Crippen molar-refractivity contribution in [3.63, 3.8) is 0 Å². The number of nitrogens with zero attached hydrogens (tertiary/aromatic N) is 1. The predicted octanol–water partition coefficient (Wildman–Crippen LogP) is 2.37. The molecule has 126 valence electrons. The lowest BCUT2D eigenvalue weighted by molar-refractivity contribution is -0.143. The highest BCUT2D eigenvalue weighted by molar-refractivity contribution is 5.81. The van der Waals surface area contributed by atoms with Crippen LogP contribution >= 0.6 is 0 Å². The highest BCUT2D eigenvalue weighted by Gasteiger charge is 2.33. The molecule has 2 saturated heterocycles. The Kier molecular flexibility index (Phi) is 5.18. The van der Waals surface area contributed by atoms with Gasteiger partial charge in [-0.2, -0.15) is 0 Å². The number of likely N-dealkylation sites (tertiary alicyclic amines) is 1. The van der Waals surface area contributed by atoms with E-state index in [1.807, 2.05) is 43.0 Å². The number of carbonyl (C=O) groups is 1. The third-order valence-corrected chi connectivity index (χ3v) is 4.57. The molecule has 1 amide bonds. The molecule has 5 heteroatoms. The van der Waals surface area contributed by atoms with Gasteiger partial charge in [0.2, 0.25) is 0 Å². The molecule has 2 aliphatic heterocycles. The first kappa shape index (κ1) is 16.3. The fraction of sp³-hybridized carbons (Fsp3) is 0.611. The molecule has 0 N–H and O–H groups in total. The van der Waals surface area contributed by atoms with E-state index in [9.17, 15) is 4.79 Å². The third kappa shape index (κ3) is 4.03. The molecule has 1 aromatic carbocycles. The quantitative estimate of drug-likeness (QED) is 0.855. The van der Waals surface area contributed by atoms with Crippen molar-refractivity contribution in [1.29, 1.82) is 0 Å². The van der Waals surface area contributed by atoms with Crippen molar-refractivity contribution in [3.05, 3.63) is 29.8 Å². The minimum atomic E-state index is -0.465. The van der Waals surface area contributed by atoms with Crippen LogP contribution in [0.4, 0.5) is 0 Å². The zero-order valence-electron chi connectivity index (χ0n) is 13.9. The largest absolute Gasteiger partial charge is 0.481 e. The highest BCUT2D eigenvalue weighted by Crippen LogP contribution is 2.26. The Balaban J connectivity index is 1.49. The maximum atomic E-state index is 12.5. The number of ether oxygens (including phenoxy) is 3. The smallest absolute Gasteiger partial charge is 0.263 e. The SMILES string of the molecule is Cc1ccc(OC(C)C(=O)N2CCC(C3OCCO3)CC2)cc1. The van der Waals surface area contributed by atoms with Crippen LogP contribution in [0.3, 0.4) is 0 Å². The Labute approximate surface area is 137 Å². The monoisotopic (exact) mass is 319 g/mol. The van der Waals surface area contributed by atoms with Gasteiger partial charge < -0.3 is 19.1 Å². The molecule has 1 aromatic rings. The first-order valence-corrected chi connectivity index (χ1v) is 8.39. The van der Waals surface area contributed by atoms with Crippen molar-refractivity contribution in [1.82, 2.24) is 4.90 Å². The van der Waals surface area contributed by atoms with E-state index in [-0.39, 0.29) is 12.2 Å². The van der Waals surface area contributed by atoms with Crippen LogP contribution in [0.1, 0.15) is 25.3 Å². The maximum absolute atomic E-state index is 12.5. The molecular formula is C18H25NO4. The van der Waals surface area contributed by atoms with E-state index in [1.54, 1.807) is 0 Å². The summed E-state index contributed by atoms with van der Waals surface area (Å²) >= 11 is 0. The summed E-state index contributed by atoms with van der Waals surface area (Å²) < 4.78 is 16.9. The van der Waals surface area contributed by atoms with Crippen molar-refractivity contribution in [2.24, 2.45) is 5.92 Å². The normalized spacial score (nSPS) is 21.4. The average molecular weight is 319 g/mol. The molecule has 0 radical (unpaired) electrons. The first-order chi connectivity index (χ1) is 11.1. The van der Waals surface area contributed by atoms with Gasteiger partial charge in [-0.3, -0.25) is 4.79 Å². The van der Waals surface area contributed by atoms with Crippen LogP contribution in [0.2, 0.25) is 0 Å². The van der Waals surface area contributed by atoms with Gasteiger partial charge in [0.25, 0.3) is 5.91 Å². The maximum Gasteiger partial charge on any atom is 0.263 e. The summed E-state index contributed by atoms with van der Waals surface area (Å²) in [6.45, 7) is 6.71. The molecule has 0 saturated carbocycles. The lowest BCUT2D eigenvalue weighted by atomic mass is 9.96. The van der Waals surface area contributed by atoms with E-state index >= 15 is 0 Å². The Morgan fingerprint density at radius 2 is 1.78 bits per heavy atom. The molecule has 2 aliphatic rings. The lowest BCUT2D eigenvalue weighted by Gasteiger charge is -2.35. The number of hydrogen-bond acceptors (Lipinski definition) is 4. The van der Waals surface area contributed by atoms with E-state index < -0.39 is 6.10 Å². The Hall–Kier alpha value is -1.59.